The maximum atomic E-state index is 12.6. The van der Waals surface area contributed by atoms with E-state index in [1.54, 1.807) is 0 Å². The summed E-state index contributed by atoms with van der Waals surface area (Å²) in [6, 6.07) is 8.82. The van der Waals surface area contributed by atoms with Gasteiger partial charge in [0.1, 0.15) is 12.0 Å². The topological polar surface area (TPSA) is 75.4 Å². The van der Waals surface area contributed by atoms with Crippen LogP contribution >= 0.6 is 0 Å². The van der Waals surface area contributed by atoms with Gasteiger partial charge < -0.3 is 14.8 Å². The van der Waals surface area contributed by atoms with Crippen molar-refractivity contribution >= 4 is 17.3 Å². The molecule has 3 aromatic rings. The minimum atomic E-state index is -4.41. The largest absolute Gasteiger partial charge is 0.478 e. The zero-order valence-electron chi connectivity index (χ0n) is 12.5. The lowest BCUT2D eigenvalue weighted by molar-refractivity contribution is -0.137. The van der Waals surface area contributed by atoms with Gasteiger partial charge >= 0.3 is 12.1 Å². The van der Waals surface area contributed by atoms with Crippen molar-refractivity contribution in [2.24, 2.45) is 0 Å². The Bertz CT molecular complexity index is 889. The maximum absolute atomic E-state index is 12.6. The Labute approximate surface area is 139 Å². The number of benzene rings is 2. The number of carboxylic acids is 1. The lowest BCUT2D eigenvalue weighted by atomic mass is 10.1. The lowest BCUT2D eigenvalue weighted by Crippen LogP contribution is -2.04. The fourth-order valence-corrected chi connectivity index (χ4v) is 2.24. The SMILES string of the molecule is O=C(O)c1ccc(Nc2ccc(C(F)(F)F)cc2)c(-c2cocn2)c1. The van der Waals surface area contributed by atoms with Crippen molar-refractivity contribution in [1.82, 2.24) is 4.98 Å². The molecule has 8 heteroatoms. The molecule has 2 aromatic carbocycles. The number of hydrogen-bond acceptors (Lipinski definition) is 4. The third-order valence-electron chi connectivity index (χ3n) is 3.47. The molecule has 2 N–H and O–H groups in total. The molecule has 0 saturated heterocycles. The average Bonchev–Trinajstić information content (AvgIpc) is 3.09. The number of halogens is 3. The first-order valence-electron chi connectivity index (χ1n) is 7.05. The summed E-state index contributed by atoms with van der Waals surface area (Å²) in [6.07, 6.45) is -1.86. The van der Waals surface area contributed by atoms with Crippen LogP contribution in [0.4, 0.5) is 24.5 Å². The normalized spacial score (nSPS) is 11.3. The average molecular weight is 348 g/mol. The number of aromatic carboxylic acids is 1. The van der Waals surface area contributed by atoms with Crippen molar-refractivity contribution in [3.63, 3.8) is 0 Å². The highest BCUT2D eigenvalue weighted by atomic mass is 19.4. The predicted molar refractivity (Wildman–Crippen MR) is 83.6 cm³/mol. The molecule has 0 fully saturated rings. The first-order valence-corrected chi connectivity index (χ1v) is 7.05. The molecule has 128 valence electrons. The number of carbonyl (C=O) groups is 1. The molecule has 0 unspecified atom stereocenters. The number of carboxylic acid groups (broad SMARTS) is 1. The molecular weight excluding hydrogens is 337 g/mol. The molecule has 0 aliphatic carbocycles. The van der Waals surface area contributed by atoms with Gasteiger partial charge in [0.2, 0.25) is 0 Å². The monoisotopic (exact) mass is 348 g/mol. The van der Waals surface area contributed by atoms with Crippen LogP contribution in [0.1, 0.15) is 15.9 Å². The second-order valence-corrected chi connectivity index (χ2v) is 5.14. The van der Waals surface area contributed by atoms with Crippen LogP contribution in [0.25, 0.3) is 11.3 Å². The highest BCUT2D eigenvalue weighted by Crippen LogP contribution is 2.33. The molecule has 1 aromatic heterocycles. The summed E-state index contributed by atoms with van der Waals surface area (Å²) in [6.45, 7) is 0. The van der Waals surface area contributed by atoms with E-state index in [1.807, 2.05) is 0 Å². The van der Waals surface area contributed by atoms with Gasteiger partial charge in [-0.15, -0.1) is 0 Å². The number of nitrogens with one attached hydrogen (secondary N) is 1. The molecule has 0 aliphatic heterocycles. The molecular formula is C17H11F3N2O3. The van der Waals surface area contributed by atoms with Crippen LogP contribution in [0.5, 0.6) is 0 Å². The fraction of sp³-hybridized carbons (Fsp3) is 0.0588. The van der Waals surface area contributed by atoms with Crippen LogP contribution in [-0.4, -0.2) is 16.1 Å². The molecule has 0 atom stereocenters. The van der Waals surface area contributed by atoms with Gasteiger partial charge in [0.25, 0.3) is 0 Å². The molecule has 0 bridgehead atoms. The van der Waals surface area contributed by atoms with Crippen LogP contribution in [0.2, 0.25) is 0 Å². The molecule has 25 heavy (non-hydrogen) atoms. The van der Waals surface area contributed by atoms with Crippen molar-refractivity contribution in [2.45, 2.75) is 6.18 Å². The van der Waals surface area contributed by atoms with Crippen LogP contribution in [0.15, 0.2) is 59.5 Å². The smallest absolute Gasteiger partial charge is 0.416 e. The van der Waals surface area contributed by atoms with Gasteiger partial charge in [-0.25, -0.2) is 9.78 Å². The molecule has 0 spiro atoms. The highest BCUT2D eigenvalue weighted by molar-refractivity contribution is 5.92. The van der Waals surface area contributed by atoms with Crippen molar-refractivity contribution < 1.29 is 27.5 Å². The Kier molecular flexibility index (Phi) is 4.18. The van der Waals surface area contributed by atoms with E-state index in [2.05, 4.69) is 10.3 Å². The van der Waals surface area contributed by atoms with Crippen molar-refractivity contribution in [3.8, 4) is 11.3 Å². The Morgan fingerprint density at radius 3 is 2.40 bits per heavy atom. The minimum Gasteiger partial charge on any atom is -0.478 e. The minimum absolute atomic E-state index is 0.0518. The van der Waals surface area contributed by atoms with Crippen molar-refractivity contribution in [1.29, 1.82) is 0 Å². The Balaban J connectivity index is 1.96. The van der Waals surface area contributed by atoms with E-state index in [0.717, 1.165) is 12.1 Å². The number of aromatic nitrogens is 1. The van der Waals surface area contributed by atoms with Crippen LogP contribution in [0, 0.1) is 0 Å². The van der Waals surface area contributed by atoms with E-state index in [1.165, 1.54) is 43.0 Å². The van der Waals surface area contributed by atoms with Crippen LogP contribution < -0.4 is 5.32 Å². The van der Waals surface area contributed by atoms with Gasteiger partial charge in [0.05, 0.1) is 11.1 Å². The molecule has 3 rings (SSSR count). The van der Waals surface area contributed by atoms with Gasteiger partial charge in [-0.2, -0.15) is 13.2 Å². The van der Waals surface area contributed by atoms with Gasteiger partial charge in [-0.1, -0.05) is 0 Å². The van der Waals surface area contributed by atoms with E-state index >= 15 is 0 Å². The Hall–Kier alpha value is -3.29. The van der Waals surface area contributed by atoms with Crippen molar-refractivity contribution in [2.75, 3.05) is 5.32 Å². The molecule has 1 heterocycles. The number of nitrogens with zero attached hydrogens (tertiary/aromatic N) is 1. The number of rotatable bonds is 4. The number of oxazole rings is 1. The summed E-state index contributed by atoms with van der Waals surface area (Å²) in [5, 5.41) is 12.1. The maximum Gasteiger partial charge on any atom is 0.416 e. The molecule has 0 saturated carbocycles. The third-order valence-corrected chi connectivity index (χ3v) is 3.47. The predicted octanol–water partition coefficient (Wildman–Crippen LogP) is 4.80. The summed E-state index contributed by atoms with van der Waals surface area (Å²) in [5.41, 5.74) is 1.05. The quantitative estimate of drug-likeness (QED) is 0.708. The van der Waals surface area contributed by atoms with Gasteiger partial charge in [-0.3, -0.25) is 0 Å². The number of hydrogen-bond donors (Lipinski definition) is 2. The van der Waals surface area contributed by atoms with Crippen molar-refractivity contribution in [3.05, 3.63) is 66.2 Å². The first-order chi connectivity index (χ1) is 11.8. The van der Waals surface area contributed by atoms with Gasteiger partial charge in [-0.05, 0) is 42.5 Å². The van der Waals surface area contributed by atoms with E-state index in [9.17, 15) is 18.0 Å². The third kappa shape index (κ3) is 3.63. The van der Waals surface area contributed by atoms with E-state index in [4.69, 9.17) is 9.52 Å². The zero-order chi connectivity index (χ0) is 18.0. The molecule has 0 radical (unpaired) electrons. The second kappa shape index (κ2) is 6.31. The Morgan fingerprint density at radius 1 is 1.12 bits per heavy atom. The zero-order valence-corrected chi connectivity index (χ0v) is 12.5. The summed E-state index contributed by atoms with van der Waals surface area (Å²) in [7, 11) is 0. The molecule has 0 amide bonds. The van der Waals surface area contributed by atoms with Gasteiger partial charge in [0, 0.05) is 16.9 Å². The van der Waals surface area contributed by atoms with Crippen LogP contribution in [-0.2, 0) is 6.18 Å². The standard InChI is InChI=1S/C17H11F3N2O3/c18-17(19,20)11-2-4-12(5-3-11)22-14-6-1-10(16(23)24)7-13(14)15-8-25-9-21-15/h1-9,22H,(H,23,24). The lowest BCUT2D eigenvalue weighted by Gasteiger charge is -2.13. The number of alkyl halides is 3. The molecule has 0 aliphatic rings. The van der Waals surface area contributed by atoms with Crippen LogP contribution in [0.3, 0.4) is 0 Å². The van der Waals surface area contributed by atoms with E-state index < -0.39 is 17.7 Å². The summed E-state index contributed by atoms with van der Waals surface area (Å²) < 4.78 is 42.8. The van der Waals surface area contributed by atoms with E-state index in [-0.39, 0.29) is 5.56 Å². The number of anilines is 2. The van der Waals surface area contributed by atoms with E-state index in [0.29, 0.717) is 22.6 Å². The summed E-state index contributed by atoms with van der Waals surface area (Å²) in [5.74, 6) is -1.11. The first kappa shape index (κ1) is 16.6. The fourth-order valence-electron chi connectivity index (χ4n) is 2.24. The summed E-state index contributed by atoms with van der Waals surface area (Å²) >= 11 is 0. The highest BCUT2D eigenvalue weighted by Gasteiger charge is 2.29. The Morgan fingerprint density at radius 2 is 1.84 bits per heavy atom. The second-order valence-electron chi connectivity index (χ2n) is 5.14. The van der Waals surface area contributed by atoms with Gasteiger partial charge in [0.15, 0.2) is 6.39 Å². The molecule has 5 nitrogen and oxygen atoms in total. The summed E-state index contributed by atoms with van der Waals surface area (Å²) in [4.78, 5) is 15.1.